The van der Waals surface area contributed by atoms with Crippen molar-refractivity contribution in [3.05, 3.63) is 11.6 Å². The van der Waals surface area contributed by atoms with Crippen molar-refractivity contribution >= 4 is 5.97 Å². The van der Waals surface area contributed by atoms with Gasteiger partial charge >= 0.3 is 5.97 Å². The lowest BCUT2D eigenvalue weighted by molar-refractivity contribution is -0.278. The predicted molar refractivity (Wildman–Crippen MR) is 69.2 cm³/mol. The molecule has 3 aliphatic rings. The van der Waals surface area contributed by atoms with Gasteiger partial charge in [0.15, 0.2) is 0 Å². The number of carbonyl (C=O) groups excluding carboxylic acids is 1. The zero-order valence-electron chi connectivity index (χ0n) is 11.8. The van der Waals surface area contributed by atoms with E-state index in [1.807, 2.05) is 13.8 Å². The van der Waals surface area contributed by atoms with Gasteiger partial charge in [0.2, 0.25) is 0 Å². The third kappa shape index (κ3) is 1.69. The Morgan fingerprint density at radius 2 is 2.11 bits per heavy atom. The average molecular weight is 266 g/mol. The quantitative estimate of drug-likeness (QED) is 0.343. The molecule has 0 aromatic heterocycles. The van der Waals surface area contributed by atoms with Crippen LogP contribution in [0.15, 0.2) is 11.6 Å². The molecule has 0 bridgehead atoms. The van der Waals surface area contributed by atoms with Crippen LogP contribution in [0.4, 0.5) is 0 Å². The van der Waals surface area contributed by atoms with Crippen LogP contribution in [0.1, 0.15) is 40.0 Å². The normalized spacial score (nSPS) is 49.2. The maximum atomic E-state index is 12.0. The van der Waals surface area contributed by atoms with E-state index in [0.717, 1.165) is 24.8 Å². The Morgan fingerprint density at radius 3 is 2.79 bits per heavy atom. The maximum Gasteiger partial charge on any atom is 0.309 e. The molecule has 0 unspecified atom stereocenters. The number of rotatable bonds is 1. The van der Waals surface area contributed by atoms with Crippen molar-refractivity contribution in [3.63, 3.8) is 0 Å². The molecule has 106 valence electrons. The first-order valence-corrected chi connectivity index (χ1v) is 7.22. The number of carbonyl (C=O) groups is 1. The summed E-state index contributed by atoms with van der Waals surface area (Å²) in [5, 5.41) is 9.03. The first-order chi connectivity index (χ1) is 8.99. The summed E-state index contributed by atoms with van der Waals surface area (Å²) in [5.74, 6) is 0.912. The number of esters is 1. The molecule has 3 rings (SSSR count). The Kier molecular flexibility index (Phi) is 2.98. The molecule has 19 heavy (non-hydrogen) atoms. The Balaban J connectivity index is 2.06. The Hall–Kier alpha value is -0.870. The van der Waals surface area contributed by atoms with Gasteiger partial charge in [0.1, 0.15) is 11.7 Å². The van der Waals surface area contributed by atoms with Crippen LogP contribution in [-0.4, -0.2) is 22.9 Å². The summed E-state index contributed by atoms with van der Waals surface area (Å²) in [6.45, 7) is 6.13. The molecule has 1 aliphatic heterocycles. The van der Waals surface area contributed by atoms with Gasteiger partial charge in [-0.05, 0) is 43.8 Å². The van der Waals surface area contributed by atoms with Crippen molar-refractivity contribution < 1.29 is 19.7 Å². The molecule has 0 aromatic carbocycles. The first-order valence-electron chi connectivity index (χ1n) is 7.22. The molecular formula is C15H22O4. The summed E-state index contributed by atoms with van der Waals surface area (Å²) < 4.78 is 5.85. The van der Waals surface area contributed by atoms with E-state index in [-0.39, 0.29) is 29.8 Å². The summed E-state index contributed by atoms with van der Waals surface area (Å²) in [6.07, 6.45) is 4.69. The van der Waals surface area contributed by atoms with Crippen LogP contribution < -0.4 is 0 Å². The van der Waals surface area contributed by atoms with Crippen molar-refractivity contribution in [1.29, 1.82) is 0 Å². The van der Waals surface area contributed by atoms with E-state index in [1.165, 1.54) is 0 Å². The Labute approximate surface area is 113 Å². The number of hydrogen-bond acceptors (Lipinski definition) is 4. The molecule has 0 aromatic rings. The van der Waals surface area contributed by atoms with Crippen molar-refractivity contribution in [2.45, 2.75) is 51.7 Å². The van der Waals surface area contributed by atoms with Crippen molar-refractivity contribution in [2.24, 2.45) is 23.7 Å². The SMILES string of the molecule is CC1=C[C@@]23OC(=O)[C@H](C)[C@@H]2CC[C@@H](C)[C@@H]3C[C@@H]1OO. The molecule has 1 spiro atoms. The zero-order chi connectivity index (χ0) is 13.8. The molecule has 0 amide bonds. The highest BCUT2D eigenvalue weighted by Crippen LogP contribution is 2.56. The number of hydrogen-bond donors (Lipinski definition) is 1. The Morgan fingerprint density at radius 1 is 1.37 bits per heavy atom. The van der Waals surface area contributed by atoms with Crippen molar-refractivity contribution in [1.82, 2.24) is 0 Å². The zero-order valence-corrected chi connectivity index (χ0v) is 11.8. The van der Waals surface area contributed by atoms with Crippen LogP contribution in [0.3, 0.4) is 0 Å². The molecular weight excluding hydrogens is 244 g/mol. The van der Waals surface area contributed by atoms with Gasteiger partial charge < -0.3 is 4.74 Å². The summed E-state index contributed by atoms with van der Waals surface area (Å²) >= 11 is 0. The highest BCUT2D eigenvalue weighted by Gasteiger charge is 2.61. The fourth-order valence-corrected chi connectivity index (χ4v) is 4.46. The van der Waals surface area contributed by atoms with Gasteiger partial charge in [-0.25, -0.2) is 4.89 Å². The van der Waals surface area contributed by atoms with E-state index in [0.29, 0.717) is 5.92 Å². The lowest BCUT2D eigenvalue weighted by Crippen LogP contribution is -2.52. The largest absolute Gasteiger partial charge is 0.454 e. The van der Waals surface area contributed by atoms with Gasteiger partial charge in [-0.15, -0.1) is 0 Å². The van der Waals surface area contributed by atoms with Gasteiger partial charge in [-0.3, -0.25) is 10.1 Å². The maximum absolute atomic E-state index is 12.0. The first kappa shape index (κ1) is 13.1. The van der Waals surface area contributed by atoms with Gasteiger partial charge in [-0.1, -0.05) is 13.8 Å². The second-order valence-corrected chi connectivity index (χ2v) is 6.55. The van der Waals surface area contributed by atoms with Gasteiger partial charge in [-0.2, -0.15) is 0 Å². The lowest BCUT2D eigenvalue weighted by atomic mass is 9.58. The molecule has 1 N–H and O–H groups in total. The monoisotopic (exact) mass is 266 g/mol. The summed E-state index contributed by atoms with van der Waals surface area (Å²) in [5.41, 5.74) is 0.521. The van der Waals surface area contributed by atoms with E-state index in [2.05, 4.69) is 17.9 Å². The van der Waals surface area contributed by atoms with E-state index < -0.39 is 5.60 Å². The van der Waals surface area contributed by atoms with Crippen LogP contribution in [-0.2, 0) is 14.4 Å². The molecule has 2 fully saturated rings. The Bertz CT molecular complexity index is 430. The molecule has 4 heteroatoms. The van der Waals surface area contributed by atoms with Crippen LogP contribution in [0.2, 0.25) is 0 Å². The van der Waals surface area contributed by atoms with Crippen molar-refractivity contribution in [3.8, 4) is 0 Å². The topological polar surface area (TPSA) is 55.8 Å². The van der Waals surface area contributed by atoms with E-state index in [9.17, 15) is 4.79 Å². The summed E-state index contributed by atoms with van der Waals surface area (Å²) in [7, 11) is 0. The second kappa shape index (κ2) is 4.32. The van der Waals surface area contributed by atoms with Crippen LogP contribution in [0, 0.1) is 23.7 Å². The van der Waals surface area contributed by atoms with Gasteiger partial charge in [0, 0.05) is 11.8 Å². The predicted octanol–water partition coefficient (Wildman–Crippen LogP) is 2.79. The third-order valence-corrected chi connectivity index (χ3v) is 5.59. The smallest absolute Gasteiger partial charge is 0.309 e. The van der Waals surface area contributed by atoms with E-state index in [4.69, 9.17) is 9.99 Å². The fraction of sp³-hybridized carbons (Fsp3) is 0.800. The molecule has 0 radical (unpaired) electrons. The highest BCUT2D eigenvalue weighted by atomic mass is 17.1. The average Bonchev–Trinajstić information content (AvgIpc) is 2.60. The summed E-state index contributed by atoms with van der Waals surface area (Å²) in [6, 6.07) is 0. The second-order valence-electron chi connectivity index (χ2n) is 6.55. The fourth-order valence-electron chi connectivity index (χ4n) is 4.46. The van der Waals surface area contributed by atoms with Gasteiger partial charge in [0.25, 0.3) is 0 Å². The number of ether oxygens (including phenoxy) is 1. The molecule has 2 aliphatic carbocycles. The van der Waals surface area contributed by atoms with Crippen molar-refractivity contribution in [2.75, 3.05) is 0 Å². The molecule has 1 heterocycles. The summed E-state index contributed by atoms with van der Waals surface area (Å²) in [4.78, 5) is 16.6. The third-order valence-electron chi connectivity index (χ3n) is 5.59. The highest BCUT2D eigenvalue weighted by molar-refractivity contribution is 5.76. The van der Waals surface area contributed by atoms with Crippen LogP contribution in [0.5, 0.6) is 0 Å². The van der Waals surface area contributed by atoms with Crippen LogP contribution in [0.25, 0.3) is 0 Å². The van der Waals surface area contributed by atoms with Crippen LogP contribution >= 0.6 is 0 Å². The minimum atomic E-state index is -0.451. The standard InChI is InChI=1S/C15H22O4/c1-8-4-5-11-10(3)14(16)18-15(11)7-9(2)13(19-17)6-12(8)15/h7-8,10-13,17H,4-6H2,1-3H3/t8-,10-,11+,12+,13+,15-/m1/s1. The molecule has 1 saturated heterocycles. The molecule has 1 saturated carbocycles. The van der Waals surface area contributed by atoms with Gasteiger partial charge in [0.05, 0.1) is 5.92 Å². The minimum absolute atomic E-state index is 0.0226. The van der Waals surface area contributed by atoms with E-state index in [1.54, 1.807) is 0 Å². The molecule has 6 atom stereocenters. The van der Waals surface area contributed by atoms with E-state index >= 15 is 0 Å². The molecule has 4 nitrogen and oxygen atoms in total. The lowest BCUT2D eigenvalue weighted by Gasteiger charge is -2.49. The minimum Gasteiger partial charge on any atom is -0.454 e.